The summed E-state index contributed by atoms with van der Waals surface area (Å²) in [6.45, 7) is 6.84. The molecule has 1 saturated heterocycles. The van der Waals surface area contributed by atoms with Gasteiger partial charge in [0.05, 0.1) is 0 Å². The van der Waals surface area contributed by atoms with Crippen LogP contribution in [0, 0.1) is 0 Å². The smallest absolute Gasteiger partial charge is 0.0316 e. The van der Waals surface area contributed by atoms with Gasteiger partial charge in [-0.25, -0.2) is 0 Å². The molecule has 0 radical (unpaired) electrons. The number of nitrogen functional groups attached to an aromatic ring is 1. The van der Waals surface area contributed by atoms with E-state index < -0.39 is 0 Å². The molecular formula is C19H25N3. The highest BCUT2D eigenvalue weighted by Crippen LogP contribution is 2.11. The number of anilines is 1. The first-order chi connectivity index (χ1) is 10.8. The van der Waals surface area contributed by atoms with Gasteiger partial charge < -0.3 is 10.6 Å². The molecule has 0 saturated carbocycles. The third kappa shape index (κ3) is 4.33. The predicted molar refractivity (Wildman–Crippen MR) is 92.7 cm³/mol. The Morgan fingerprint density at radius 3 is 2.18 bits per heavy atom. The summed E-state index contributed by atoms with van der Waals surface area (Å²) in [4.78, 5) is 5.11. The number of nitrogens with two attached hydrogens (primary N) is 1. The SMILES string of the molecule is Nc1cccc(CCN2CCN(Cc3ccccc3)CC2)c1. The van der Waals surface area contributed by atoms with Crippen LogP contribution in [0.5, 0.6) is 0 Å². The molecule has 0 aliphatic carbocycles. The van der Waals surface area contributed by atoms with Crippen molar-refractivity contribution in [1.29, 1.82) is 0 Å². The highest BCUT2D eigenvalue weighted by Gasteiger charge is 2.16. The van der Waals surface area contributed by atoms with Crippen molar-refractivity contribution in [3.8, 4) is 0 Å². The summed E-state index contributed by atoms with van der Waals surface area (Å²) in [7, 11) is 0. The number of nitrogens with zero attached hydrogens (tertiary/aromatic N) is 2. The molecule has 0 aromatic heterocycles. The normalized spacial score (nSPS) is 16.7. The number of benzene rings is 2. The molecule has 22 heavy (non-hydrogen) atoms. The lowest BCUT2D eigenvalue weighted by atomic mass is 10.1. The molecule has 0 atom stereocenters. The first-order valence-electron chi connectivity index (χ1n) is 8.13. The molecule has 1 heterocycles. The summed E-state index contributed by atoms with van der Waals surface area (Å²) in [5.41, 5.74) is 9.46. The Kier molecular flexibility index (Phi) is 5.09. The largest absolute Gasteiger partial charge is 0.399 e. The minimum Gasteiger partial charge on any atom is -0.399 e. The van der Waals surface area contributed by atoms with Gasteiger partial charge in [-0.1, -0.05) is 42.5 Å². The Labute approximate surface area is 133 Å². The highest BCUT2D eigenvalue weighted by molar-refractivity contribution is 5.40. The van der Waals surface area contributed by atoms with Crippen LogP contribution in [0.2, 0.25) is 0 Å². The predicted octanol–water partition coefficient (Wildman–Crippen LogP) is 2.63. The van der Waals surface area contributed by atoms with E-state index in [0.29, 0.717) is 0 Å². The molecule has 0 unspecified atom stereocenters. The lowest BCUT2D eigenvalue weighted by molar-refractivity contribution is 0.128. The quantitative estimate of drug-likeness (QED) is 0.861. The maximum Gasteiger partial charge on any atom is 0.0316 e. The Morgan fingerprint density at radius 1 is 0.773 bits per heavy atom. The zero-order valence-electron chi connectivity index (χ0n) is 13.1. The molecule has 0 spiro atoms. The first kappa shape index (κ1) is 15.1. The van der Waals surface area contributed by atoms with E-state index in [1.54, 1.807) is 0 Å². The third-order valence-corrected chi connectivity index (χ3v) is 4.38. The van der Waals surface area contributed by atoms with Crippen LogP contribution in [0.3, 0.4) is 0 Å². The van der Waals surface area contributed by atoms with Gasteiger partial charge in [0.25, 0.3) is 0 Å². The monoisotopic (exact) mass is 295 g/mol. The summed E-state index contributed by atoms with van der Waals surface area (Å²) in [5, 5.41) is 0. The van der Waals surface area contributed by atoms with Gasteiger partial charge in [0.1, 0.15) is 0 Å². The van der Waals surface area contributed by atoms with Crippen LogP contribution in [0.25, 0.3) is 0 Å². The van der Waals surface area contributed by atoms with E-state index in [1.165, 1.54) is 11.1 Å². The second-order valence-electron chi connectivity index (χ2n) is 6.10. The van der Waals surface area contributed by atoms with Crippen LogP contribution in [-0.4, -0.2) is 42.5 Å². The lowest BCUT2D eigenvalue weighted by Crippen LogP contribution is -2.46. The third-order valence-electron chi connectivity index (χ3n) is 4.38. The Balaban J connectivity index is 1.42. The van der Waals surface area contributed by atoms with Crippen LogP contribution in [0.4, 0.5) is 5.69 Å². The van der Waals surface area contributed by atoms with E-state index in [0.717, 1.165) is 51.4 Å². The van der Waals surface area contributed by atoms with Crippen molar-refractivity contribution in [2.45, 2.75) is 13.0 Å². The summed E-state index contributed by atoms with van der Waals surface area (Å²) in [5.74, 6) is 0. The summed E-state index contributed by atoms with van der Waals surface area (Å²) in [6.07, 6.45) is 1.09. The molecule has 1 fully saturated rings. The van der Waals surface area contributed by atoms with Gasteiger partial charge in [0.2, 0.25) is 0 Å². The van der Waals surface area contributed by atoms with Crippen molar-refractivity contribution in [1.82, 2.24) is 9.80 Å². The van der Waals surface area contributed by atoms with Crippen molar-refractivity contribution in [3.63, 3.8) is 0 Å². The van der Waals surface area contributed by atoms with E-state index in [-0.39, 0.29) is 0 Å². The fraction of sp³-hybridized carbons (Fsp3) is 0.368. The van der Waals surface area contributed by atoms with Crippen molar-refractivity contribution in [2.24, 2.45) is 0 Å². The highest BCUT2D eigenvalue weighted by atomic mass is 15.3. The summed E-state index contributed by atoms with van der Waals surface area (Å²) in [6, 6.07) is 19.0. The van der Waals surface area contributed by atoms with Crippen LogP contribution < -0.4 is 5.73 Å². The molecule has 116 valence electrons. The Hall–Kier alpha value is -1.84. The van der Waals surface area contributed by atoms with E-state index in [2.05, 4.69) is 52.3 Å². The van der Waals surface area contributed by atoms with Crippen molar-refractivity contribution >= 4 is 5.69 Å². The molecule has 3 heteroatoms. The van der Waals surface area contributed by atoms with Crippen LogP contribution >= 0.6 is 0 Å². The van der Waals surface area contributed by atoms with Crippen molar-refractivity contribution < 1.29 is 0 Å². The number of hydrogen-bond donors (Lipinski definition) is 1. The van der Waals surface area contributed by atoms with E-state index in [1.807, 2.05) is 12.1 Å². The minimum absolute atomic E-state index is 0.866. The first-order valence-corrected chi connectivity index (χ1v) is 8.13. The zero-order chi connectivity index (χ0) is 15.2. The van der Waals surface area contributed by atoms with Gasteiger partial charge in [-0.3, -0.25) is 4.90 Å². The fourth-order valence-corrected chi connectivity index (χ4v) is 3.05. The van der Waals surface area contributed by atoms with Crippen LogP contribution in [0.1, 0.15) is 11.1 Å². The molecular weight excluding hydrogens is 270 g/mol. The zero-order valence-corrected chi connectivity index (χ0v) is 13.1. The number of hydrogen-bond acceptors (Lipinski definition) is 3. The molecule has 2 aromatic rings. The average Bonchev–Trinajstić information content (AvgIpc) is 2.55. The average molecular weight is 295 g/mol. The standard InChI is InChI=1S/C19H25N3/c20-19-8-4-7-17(15-19)9-10-21-11-13-22(14-12-21)16-18-5-2-1-3-6-18/h1-8,15H,9-14,16,20H2. The summed E-state index contributed by atoms with van der Waals surface area (Å²) < 4.78 is 0. The van der Waals surface area contributed by atoms with E-state index in [9.17, 15) is 0 Å². The number of piperazine rings is 1. The fourth-order valence-electron chi connectivity index (χ4n) is 3.05. The number of rotatable bonds is 5. The van der Waals surface area contributed by atoms with E-state index >= 15 is 0 Å². The topological polar surface area (TPSA) is 32.5 Å². The molecule has 1 aliphatic heterocycles. The lowest BCUT2D eigenvalue weighted by Gasteiger charge is -2.34. The molecule has 0 amide bonds. The van der Waals surface area contributed by atoms with Crippen LogP contribution in [-0.2, 0) is 13.0 Å². The molecule has 1 aliphatic rings. The van der Waals surface area contributed by atoms with Gasteiger partial charge in [-0.05, 0) is 29.7 Å². The van der Waals surface area contributed by atoms with Crippen molar-refractivity contribution in [2.75, 3.05) is 38.5 Å². The Bertz CT molecular complexity index is 574. The second kappa shape index (κ2) is 7.43. The Morgan fingerprint density at radius 2 is 1.45 bits per heavy atom. The molecule has 2 aromatic carbocycles. The minimum atomic E-state index is 0.866. The summed E-state index contributed by atoms with van der Waals surface area (Å²) >= 11 is 0. The van der Waals surface area contributed by atoms with Crippen molar-refractivity contribution in [3.05, 3.63) is 65.7 Å². The molecule has 3 rings (SSSR count). The molecule has 3 nitrogen and oxygen atoms in total. The van der Waals surface area contributed by atoms with Gasteiger partial charge in [-0.15, -0.1) is 0 Å². The van der Waals surface area contributed by atoms with Gasteiger partial charge in [0, 0.05) is 45.0 Å². The van der Waals surface area contributed by atoms with Gasteiger partial charge in [-0.2, -0.15) is 0 Å². The van der Waals surface area contributed by atoms with Gasteiger partial charge >= 0.3 is 0 Å². The van der Waals surface area contributed by atoms with E-state index in [4.69, 9.17) is 5.73 Å². The molecule has 0 bridgehead atoms. The maximum absolute atomic E-state index is 5.84. The maximum atomic E-state index is 5.84. The molecule has 2 N–H and O–H groups in total. The van der Waals surface area contributed by atoms with Gasteiger partial charge in [0.15, 0.2) is 0 Å². The second-order valence-corrected chi connectivity index (χ2v) is 6.10. The van der Waals surface area contributed by atoms with Crippen LogP contribution in [0.15, 0.2) is 54.6 Å².